The van der Waals surface area contributed by atoms with E-state index in [-0.39, 0.29) is 6.10 Å². The van der Waals surface area contributed by atoms with Crippen molar-refractivity contribution in [3.63, 3.8) is 0 Å². The SMILES string of the molecule is C=C1/C(=C\C=C2/CCCC3(C)C2CCC3C(C)/C=C/[C@@H](CCC)C(C)C)CCCC1O. The fourth-order valence-electron chi connectivity index (χ4n) is 7.01. The minimum absolute atomic E-state index is 0.333. The van der Waals surface area contributed by atoms with Crippen LogP contribution in [0.2, 0.25) is 0 Å². The van der Waals surface area contributed by atoms with E-state index in [4.69, 9.17) is 0 Å². The van der Waals surface area contributed by atoms with Gasteiger partial charge in [0.1, 0.15) is 0 Å². The zero-order valence-corrected chi connectivity index (χ0v) is 21.0. The molecule has 3 aliphatic rings. The first-order chi connectivity index (χ1) is 14.8. The van der Waals surface area contributed by atoms with E-state index in [1.165, 1.54) is 50.5 Å². The van der Waals surface area contributed by atoms with Crippen LogP contribution in [0.15, 0.2) is 47.6 Å². The number of hydrogen-bond acceptors (Lipinski definition) is 1. The summed E-state index contributed by atoms with van der Waals surface area (Å²) in [5.41, 5.74) is 4.34. The van der Waals surface area contributed by atoms with Gasteiger partial charge in [-0.2, -0.15) is 0 Å². The maximum Gasteiger partial charge on any atom is 0.0787 e. The summed E-state index contributed by atoms with van der Waals surface area (Å²) in [7, 11) is 0. The maximum absolute atomic E-state index is 10.2. The van der Waals surface area contributed by atoms with Crippen LogP contribution in [0.4, 0.5) is 0 Å². The van der Waals surface area contributed by atoms with Crippen molar-refractivity contribution in [1.29, 1.82) is 0 Å². The highest BCUT2D eigenvalue weighted by atomic mass is 16.3. The Morgan fingerprint density at radius 1 is 1.06 bits per heavy atom. The van der Waals surface area contributed by atoms with Crippen LogP contribution in [0.25, 0.3) is 0 Å². The van der Waals surface area contributed by atoms with Crippen molar-refractivity contribution >= 4 is 0 Å². The lowest BCUT2D eigenvalue weighted by Gasteiger charge is -2.44. The van der Waals surface area contributed by atoms with Gasteiger partial charge in [0.05, 0.1) is 6.10 Å². The van der Waals surface area contributed by atoms with Gasteiger partial charge in [0, 0.05) is 0 Å². The number of allylic oxidation sites excluding steroid dienone is 5. The van der Waals surface area contributed by atoms with E-state index in [1.807, 2.05) is 0 Å². The van der Waals surface area contributed by atoms with Gasteiger partial charge in [-0.05, 0) is 104 Å². The predicted molar refractivity (Wildman–Crippen MR) is 135 cm³/mol. The van der Waals surface area contributed by atoms with Crippen molar-refractivity contribution in [3.8, 4) is 0 Å². The third kappa shape index (κ3) is 5.47. The van der Waals surface area contributed by atoms with E-state index in [0.717, 1.165) is 48.5 Å². The second kappa shape index (κ2) is 10.7. The number of rotatable bonds is 7. The molecule has 31 heavy (non-hydrogen) atoms. The summed E-state index contributed by atoms with van der Waals surface area (Å²) in [4.78, 5) is 0. The molecule has 5 unspecified atom stereocenters. The molecule has 0 aliphatic heterocycles. The molecule has 0 amide bonds. The van der Waals surface area contributed by atoms with Gasteiger partial charge in [0.25, 0.3) is 0 Å². The summed E-state index contributed by atoms with van der Waals surface area (Å²) < 4.78 is 0. The molecule has 0 aromatic heterocycles. The molecular weight excluding hydrogens is 376 g/mol. The second-order valence-electron chi connectivity index (χ2n) is 11.4. The van der Waals surface area contributed by atoms with Crippen molar-refractivity contribution < 1.29 is 5.11 Å². The maximum atomic E-state index is 10.2. The van der Waals surface area contributed by atoms with Crippen LogP contribution in [0.1, 0.15) is 98.8 Å². The molecule has 3 fully saturated rings. The molecule has 3 aliphatic carbocycles. The molecule has 3 saturated carbocycles. The molecular formula is C30H48O. The fraction of sp³-hybridized carbons (Fsp3) is 0.733. The Labute approximate surface area is 192 Å². The first kappa shape index (κ1) is 24.6. The van der Waals surface area contributed by atoms with Gasteiger partial charge in [-0.15, -0.1) is 0 Å². The summed E-state index contributed by atoms with van der Waals surface area (Å²) in [5.74, 6) is 3.66. The lowest BCUT2D eigenvalue weighted by Crippen LogP contribution is -2.35. The highest BCUT2D eigenvalue weighted by Gasteiger charge is 2.50. The zero-order chi connectivity index (χ0) is 22.6. The van der Waals surface area contributed by atoms with Gasteiger partial charge < -0.3 is 5.11 Å². The molecule has 0 saturated heterocycles. The second-order valence-corrected chi connectivity index (χ2v) is 11.4. The molecule has 0 radical (unpaired) electrons. The summed E-state index contributed by atoms with van der Waals surface area (Å²) in [6.07, 6.45) is 21.8. The largest absolute Gasteiger partial charge is 0.388 e. The quantitative estimate of drug-likeness (QED) is 0.407. The zero-order valence-electron chi connectivity index (χ0n) is 21.0. The van der Waals surface area contributed by atoms with E-state index in [9.17, 15) is 5.11 Å². The van der Waals surface area contributed by atoms with E-state index >= 15 is 0 Å². The molecule has 3 rings (SSSR count). The van der Waals surface area contributed by atoms with Gasteiger partial charge in [0.15, 0.2) is 0 Å². The Balaban J connectivity index is 1.74. The van der Waals surface area contributed by atoms with Crippen molar-refractivity contribution in [2.45, 2.75) is 105 Å². The van der Waals surface area contributed by atoms with Gasteiger partial charge >= 0.3 is 0 Å². The Morgan fingerprint density at radius 3 is 2.55 bits per heavy atom. The Hall–Kier alpha value is -1.08. The van der Waals surface area contributed by atoms with Gasteiger partial charge in [-0.3, -0.25) is 0 Å². The Bertz CT molecular complexity index is 708. The van der Waals surface area contributed by atoms with Gasteiger partial charge in [-0.1, -0.05) is 77.5 Å². The molecule has 6 atom stereocenters. The number of hydrogen-bond donors (Lipinski definition) is 1. The molecule has 0 spiro atoms. The Kier molecular flexibility index (Phi) is 8.47. The molecule has 0 heterocycles. The van der Waals surface area contributed by atoms with Gasteiger partial charge in [-0.25, -0.2) is 0 Å². The first-order valence-corrected chi connectivity index (χ1v) is 13.2. The predicted octanol–water partition coefficient (Wildman–Crippen LogP) is 8.42. The topological polar surface area (TPSA) is 20.2 Å². The average Bonchev–Trinajstić information content (AvgIpc) is 3.09. The van der Waals surface area contributed by atoms with Crippen LogP contribution in [-0.2, 0) is 0 Å². The standard InChI is InChI=1S/C30H48O/c1-7-10-24(21(2)3)15-14-22(4)27-18-19-28-26(12-9-20-30(27,28)6)17-16-25-11-8-13-29(31)23(25)5/h14-17,21-22,24,27-29,31H,5,7-13,18-20H2,1-4,6H3/b15-14+,25-16-,26-17+/t22?,24-,27?,28?,29?,30?/m1/s1. The van der Waals surface area contributed by atoms with Crippen molar-refractivity contribution in [3.05, 3.63) is 47.6 Å². The summed E-state index contributed by atoms with van der Waals surface area (Å²) in [5, 5.41) is 10.2. The van der Waals surface area contributed by atoms with Crippen molar-refractivity contribution in [2.24, 2.45) is 35.0 Å². The van der Waals surface area contributed by atoms with E-state index in [0.29, 0.717) is 11.3 Å². The van der Waals surface area contributed by atoms with Crippen LogP contribution in [-0.4, -0.2) is 11.2 Å². The normalized spacial score (nSPS) is 36.5. The Morgan fingerprint density at radius 2 is 1.84 bits per heavy atom. The van der Waals surface area contributed by atoms with Crippen LogP contribution in [0.3, 0.4) is 0 Å². The smallest absolute Gasteiger partial charge is 0.0787 e. The summed E-state index contributed by atoms with van der Waals surface area (Å²) in [6.45, 7) is 16.3. The molecule has 0 aromatic carbocycles. The van der Waals surface area contributed by atoms with Crippen LogP contribution >= 0.6 is 0 Å². The molecule has 1 N–H and O–H groups in total. The van der Waals surface area contributed by atoms with E-state index in [1.54, 1.807) is 5.57 Å². The fourth-order valence-corrected chi connectivity index (χ4v) is 7.01. The molecule has 174 valence electrons. The van der Waals surface area contributed by atoms with E-state index < -0.39 is 0 Å². The van der Waals surface area contributed by atoms with Crippen LogP contribution in [0, 0.1) is 35.0 Å². The lowest BCUT2D eigenvalue weighted by atomic mass is 9.61. The third-order valence-corrected chi connectivity index (χ3v) is 9.05. The number of fused-ring (bicyclic) bond motifs is 1. The molecule has 1 heteroatoms. The molecule has 0 aromatic rings. The third-order valence-electron chi connectivity index (χ3n) is 9.05. The molecule has 1 nitrogen and oxygen atoms in total. The monoisotopic (exact) mass is 424 g/mol. The number of aliphatic hydroxyl groups is 1. The number of aliphatic hydroxyl groups excluding tert-OH is 1. The van der Waals surface area contributed by atoms with Crippen LogP contribution < -0.4 is 0 Å². The lowest BCUT2D eigenvalue weighted by molar-refractivity contribution is 0.112. The minimum atomic E-state index is -0.333. The average molecular weight is 425 g/mol. The van der Waals surface area contributed by atoms with Crippen molar-refractivity contribution in [1.82, 2.24) is 0 Å². The minimum Gasteiger partial charge on any atom is -0.388 e. The highest BCUT2D eigenvalue weighted by Crippen LogP contribution is 2.59. The first-order valence-electron chi connectivity index (χ1n) is 13.2. The van der Waals surface area contributed by atoms with Gasteiger partial charge in [0.2, 0.25) is 0 Å². The summed E-state index contributed by atoms with van der Waals surface area (Å²) in [6, 6.07) is 0. The molecule has 0 bridgehead atoms. The summed E-state index contributed by atoms with van der Waals surface area (Å²) >= 11 is 0. The highest BCUT2D eigenvalue weighted by molar-refractivity contribution is 5.37. The van der Waals surface area contributed by atoms with Crippen LogP contribution in [0.5, 0.6) is 0 Å². The van der Waals surface area contributed by atoms with Crippen molar-refractivity contribution in [2.75, 3.05) is 0 Å². The van der Waals surface area contributed by atoms with E-state index in [2.05, 4.69) is 65.5 Å².